The third-order valence-electron chi connectivity index (χ3n) is 2.44. The van der Waals surface area contributed by atoms with Gasteiger partial charge >= 0.3 is 11.9 Å². The predicted molar refractivity (Wildman–Crippen MR) is 76.3 cm³/mol. The van der Waals surface area contributed by atoms with Crippen molar-refractivity contribution in [1.82, 2.24) is 0 Å². The summed E-state index contributed by atoms with van der Waals surface area (Å²) in [5.74, 6) is -0.519. The number of ether oxygens (including phenoxy) is 2. The molecule has 0 saturated heterocycles. The molecule has 0 N–H and O–H groups in total. The van der Waals surface area contributed by atoms with E-state index < -0.39 is 11.9 Å². The van der Waals surface area contributed by atoms with Gasteiger partial charge in [0.25, 0.3) is 0 Å². The third kappa shape index (κ3) is 3.68. The van der Waals surface area contributed by atoms with E-state index in [0.29, 0.717) is 22.8 Å². The highest BCUT2D eigenvalue weighted by Gasteiger charge is 2.12. The van der Waals surface area contributed by atoms with Crippen molar-refractivity contribution < 1.29 is 19.1 Å². The summed E-state index contributed by atoms with van der Waals surface area (Å²) in [5.41, 5.74) is 0.370. The number of esters is 2. The van der Waals surface area contributed by atoms with Crippen LogP contribution in [0.4, 0.5) is 0 Å². The first-order valence-electron chi connectivity index (χ1n) is 6.23. The highest BCUT2D eigenvalue weighted by molar-refractivity contribution is 7.12. The van der Waals surface area contributed by atoms with Gasteiger partial charge in [0.2, 0.25) is 0 Å². The fourth-order valence-corrected chi connectivity index (χ4v) is 2.12. The van der Waals surface area contributed by atoms with Crippen molar-refractivity contribution in [2.24, 2.45) is 0 Å². The van der Waals surface area contributed by atoms with Gasteiger partial charge in [0.05, 0.1) is 12.2 Å². The van der Waals surface area contributed by atoms with Gasteiger partial charge in [0.1, 0.15) is 10.6 Å². The van der Waals surface area contributed by atoms with E-state index in [-0.39, 0.29) is 0 Å². The molecular weight excluding hydrogens is 276 g/mol. The maximum absolute atomic E-state index is 11.8. The molecule has 0 unspecified atom stereocenters. The van der Waals surface area contributed by atoms with Crippen LogP contribution in [0.3, 0.4) is 0 Å². The zero-order valence-corrected chi connectivity index (χ0v) is 11.8. The standard InChI is InChI=1S/C15H14O4S/c1-2-8-18-14(16)11-5-3-6-12(10-11)19-15(17)13-7-4-9-20-13/h3-7,9-10H,2,8H2,1H3. The van der Waals surface area contributed by atoms with Crippen molar-refractivity contribution in [3.05, 3.63) is 52.2 Å². The van der Waals surface area contributed by atoms with Gasteiger partial charge in [-0.15, -0.1) is 11.3 Å². The van der Waals surface area contributed by atoms with E-state index in [2.05, 4.69) is 0 Å². The zero-order valence-electron chi connectivity index (χ0n) is 11.0. The predicted octanol–water partition coefficient (Wildman–Crippen LogP) is 3.53. The first kappa shape index (κ1) is 14.3. The molecule has 0 amide bonds. The molecule has 0 radical (unpaired) electrons. The number of hydrogen-bond donors (Lipinski definition) is 0. The number of thiophene rings is 1. The molecule has 0 fully saturated rings. The SMILES string of the molecule is CCCOC(=O)c1cccc(OC(=O)c2cccs2)c1. The minimum Gasteiger partial charge on any atom is -0.462 e. The van der Waals surface area contributed by atoms with Gasteiger partial charge in [-0.3, -0.25) is 0 Å². The summed E-state index contributed by atoms with van der Waals surface area (Å²) in [6, 6.07) is 9.87. The lowest BCUT2D eigenvalue weighted by atomic mass is 10.2. The zero-order chi connectivity index (χ0) is 14.4. The molecule has 1 aromatic carbocycles. The van der Waals surface area contributed by atoms with Crippen molar-refractivity contribution in [2.45, 2.75) is 13.3 Å². The van der Waals surface area contributed by atoms with Crippen molar-refractivity contribution in [3.8, 4) is 5.75 Å². The Morgan fingerprint density at radius 2 is 2.00 bits per heavy atom. The largest absolute Gasteiger partial charge is 0.462 e. The van der Waals surface area contributed by atoms with Crippen LogP contribution in [0.5, 0.6) is 5.75 Å². The molecule has 104 valence electrons. The molecule has 1 aromatic heterocycles. The smallest absolute Gasteiger partial charge is 0.353 e. The Morgan fingerprint density at radius 1 is 1.15 bits per heavy atom. The minimum absolute atomic E-state index is 0.328. The average molecular weight is 290 g/mol. The van der Waals surface area contributed by atoms with Gasteiger partial charge in [-0.05, 0) is 36.1 Å². The maximum Gasteiger partial charge on any atom is 0.353 e. The van der Waals surface area contributed by atoms with Crippen LogP contribution in [0.2, 0.25) is 0 Å². The van der Waals surface area contributed by atoms with E-state index in [9.17, 15) is 9.59 Å². The van der Waals surface area contributed by atoms with Crippen LogP contribution in [0.25, 0.3) is 0 Å². The fourth-order valence-electron chi connectivity index (χ4n) is 1.52. The molecule has 0 aliphatic heterocycles. The Bertz CT molecular complexity index is 590. The molecular formula is C15H14O4S. The Labute approximate surface area is 121 Å². The second-order valence-corrected chi connectivity index (χ2v) is 4.98. The Kier molecular flexibility index (Phi) is 4.90. The van der Waals surface area contributed by atoms with Gasteiger partial charge in [-0.25, -0.2) is 9.59 Å². The molecule has 1 heterocycles. The van der Waals surface area contributed by atoms with Gasteiger partial charge in [0, 0.05) is 0 Å². The van der Waals surface area contributed by atoms with E-state index in [4.69, 9.17) is 9.47 Å². The third-order valence-corrected chi connectivity index (χ3v) is 3.29. The topological polar surface area (TPSA) is 52.6 Å². The monoisotopic (exact) mass is 290 g/mol. The van der Waals surface area contributed by atoms with E-state index in [0.717, 1.165) is 6.42 Å². The summed E-state index contributed by atoms with van der Waals surface area (Å²) in [6.45, 7) is 2.30. The fraction of sp³-hybridized carbons (Fsp3) is 0.200. The molecule has 20 heavy (non-hydrogen) atoms. The number of carbonyl (C=O) groups is 2. The second kappa shape index (κ2) is 6.86. The lowest BCUT2D eigenvalue weighted by molar-refractivity contribution is 0.0503. The normalized spacial score (nSPS) is 10.1. The second-order valence-electron chi connectivity index (χ2n) is 4.03. The molecule has 0 aliphatic carbocycles. The maximum atomic E-state index is 11.8. The molecule has 0 spiro atoms. The molecule has 0 aliphatic rings. The van der Waals surface area contributed by atoms with Crippen LogP contribution in [0.15, 0.2) is 41.8 Å². The lowest BCUT2D eigenvalue weighted by Gasteiger charge is -2.06. The van der Waals surface area contributed by atoms with Crippen LogP contribution in [-0.4, -0.2) is 18.5 Å². The lowest BCUT2D eigenvalue weighted by Crippen LogP contribution is -2.09. The number of hydrogen-bond acceptors (Lipinski definition) is 5. The molecule has 2 aromatic rings. The quantitative estimate of drug-likeness (QED) is 0.624. The highest BCUT2D eigenvalue weighted by Crippen LogP contribution is 2.17. The van der Waals surface area contributed by atoms with Gasteiger partial charge in [-0.2, -0.15) is 0 Å². The molecule has 0 bridgehead atoms. The Morgan fingerprint density at radius 3 is 2.70 bits per heavy atom. The van der Waals surface area contributed by atoms with Crippen LogP contribution >= 0.6 is 11.3 Å². The molecule has 2 rings (SSSR count). The van der Waals surface area contributed by atoms with Crippen molar-refractivity contribution in [3.63, 3.8) is 0 Å². The molecule has 0 saturated carbocycles. The summed E-state index contributed by atoms with van der Waals surface area (Å²) < 4.78 is 10.2. The van der Waals surface area contributed by atoms with E-state index in [1.807, 2.05) is 6.92 Å². The summed E-state index contributed by atoms with van der Waals surface area (Å²) in [7, 11) is 0. The first-order valence-corrected chi connectivity index (χ1v) is 7.11. The summed E-state index contributed by atoms with van der Waals surface area (Å²) in [6.07, 6.45) is 0.763. The molecule has 0 atom stereocenters. The minimum atomic E-state index is -0.431. The average Bonchev–Trinajstić information content (AvgIpc) is 2.99. The van der Waals surface area contributed by atoms with Crippen molar-refractivity contribution in [1.29, 1.82) is 0 Å². The summed E-state index contributed by atoms with van der Waals surface area (Å²) in [5, 5.41) is 1.80. The highest BCUT2D eigenvalue weighted by atomic mass is 32.1. The molecule has 4 nitrogen and oxygen atoms in total. The first-order chi connectivity index (χ1) is 9.70. The van der Waals surface area contributed by atoms with E-state index in [1.54, 1.807) is 35.7 Å². The van der Waals surface area contributed by atoms with E-state index in [1.165, 1.54) is 17.4 Å². The number of rotatable bonds is 5. The van der Waals surface area contributed by atoms with Crippen molar-refractivity contribution >= 4 is 23.3 Å². The van der Waals surface area contributed by atoms with Crippen LogP contribution < -0.4 is 4.74 Å². The Balaban J connectivity index is 2.06. The van der Waals surface area contributed by atoms with Crippen molar-refractivity contribution in [2.75, 3.05) is 6.61 Å². The van der Waals surface area contributed by atoms with Crippen LogP contribution in [-0.2, 0) is 4.74 Å². The summed E-state index contributed by atoms with van der Waals surface area (Å²) >= 11 is 1.31. The summed E-state index contributed by atoms with van der Waals surface area (Å²) in [4.78, 5) is 24.0. The van der Waals surface area contributed by atoms with Crippen LogP contribution in [0, 0.1) is 0 Å². The number of carbonyl (C=O) groups excluding carboxylic acids is 2. The Hall–Kier alpha value is -2.14. The van der Waals surface area contributed by atoms with E-state index >= 15 is 0 Å². The molecule has 5 heteroatoms. The van der Waals surface area contributed by atoms with Gasteiger partial charge in [-0.1, -0.05) is 19.1 Å². The number of benzene rings is 1. The van der Waals surface area contributed by atoms with Crippen LogP contribution in [0.1, 0.15) is 33.4 Å². The van der Waals surface area contributed by atoms with Gasteiger partial charge < -0.3 is 9.47 Å². The van der Waals surface area contributed by atoms with Gasteiger partial charge in [0.15, 0.2) is 0 Å².